The highest BCUT2D eigenvalue weighted by molar-refractivity contribution is 5.30. The first-order valence-corrected chi connectivity index (χ1v) is 6.35. The quantitative estimate of drug-likeness (QED) is 0.849. The van der Waals surface area contributed by atoms with Gasteiger partial charge in [-0.15, -0.1) is 0 Å². The number of benzene rings is 1. The van der Waals surface area contributed by atoms with Crippen molar-refractivity contribution >= 4 is 0 Å². The molecule has 0 bridgehead atoms. The summed E-state index contributed by atoms with van der Waals surface area (Å²) >= 11 is 0. The van der Waals surface area contributed by atoms with Gasteiger partial charge < -0.3 is 10.5 Å². The minimum Gasteiger partial charge on any atom is -0.376 e. The normalized spacial score (nSPS) is 15.0. The van der Waals surface area contributed by atoms with Gasteiger partial charge in [0.1, 0.15) is 0 Å². The van der Waals surface area contributed by atoms with Crippen molar-refractivity contribution in [2.24, 2.45) is 11.7 Å². The first-order valence-electron chi connectivity index (χ1n) is 6.35. The minimum atomic E-state index is -0.0326. The topological polar surface area (TPSA) is 35.2 Å². The largest absolute Gasteiger partial charge is 0.376 e. The molecule has 2 nitrogen and oxygen atoms in total. The van der Waals surface area contributed by atoms with E-state index in [1.807, 2.05) is 0 Å². The van der Waals surface area contributed by atoms with Gasteiger partial charge in [-0.25, -0.2) is 0 Å². The molecule has 1 aromatic rings. The number of aryl methyl sites for hydroxylation is 2. The third-order valence-electron chi connectivity index (χ3n) is 3.15. The third-order valence-corrected chi connectivity index (χ3v) is 3.15. The van der Waals surface area contributed by atoms with E-state index in [1.54, 1.807) is 0 Å². The molecule has 2 N–H and O–H groups in total. The predicted octanol–water partition coefficient (Wildman–Crippen LogP) is 3.36. The fourth-order valence-electron chi connectivity index (χ4n) is 1.77. The van der Waals surface area contributed by atoms with E-state index in [0.717, 1.165) is 0 Å². The fraction of sp³-hybridized carbons (Fsp3) is 0.600. The Hall–Kier alpha value is -0.860. The summed E-state index contributed by atoms with van der Waals surface area (Å²) in [6.07, 6.45) is 0.256. The standard InChI is InChI=1S/C15H25NO/c1-10(2)13(5)17-9-15(16)14-7-11(3)6-12(4)8-14/h6-8,10,13,15H,9,16H2,1-5H3. The van der Waals surface area contributed by atoms with Crippen LogP contribution in [-0.4, -0.2) is 12.7 Å². The summed E-state index contributed by atoms with van der Waals surface area (Å²) in [6, 6.07) is 6.41. The molecule has 0 radical (unpaired) electrons. The lowest BCUT2D eigenvalue weighted by atomic mass is 10.0. The van der Waals surface area contributed by atoms with Gasteiger partial charge in [-0.05, 0) is 32.3 Å². The Morgan fingerprint density at radius 2 is 1.59 bits per heavy atom. The van der Waals surface area contributed by atoms with Gasteiger partial charge in [-0.1, -0.05) is 43.2 Å². The van der Waals surface area contributed by atoms with Crippen LogP contribution < -0.4 is 5.73 Å². The molecule has 2 heteroatoms. The van der Waals surface area contributed by atoms with E-state index >= 15 is 0 Å². The van der Waals surface area contributed by atoms with Crippen LogP contribution in [0.2, 0.25) is 0 Å². The van der Waals surface area contributed by atoms with Crippen LogP contribution in [0.3, 0.4) is 0 Å². The van der Waals surface area contributed by atoms with Crippen LogP contribution in [0.1, 0.15) is 43.5 Å². The molecule has 1 aromatic carbocycles. The highest BCUT2D eigenvalue weighted by Crippen LogP contribution is 2.17. The van der Waals surface area contributed by atoms with Gasteiger partial charge in [-0.2, -0.15) is 0 Å². The van der Waals surface area contributed by atoms with Crippen LogP contribution in [-0.2, 0) is 4.74 Å². The van der Waals surface area contributed by atoms with Gasteiger partial charge in [-0.3, -0.25) is 0 Å². The maximum Gasteiger partial charge on any atom is 0.0663 e. The maximum atomic E-state index is 6.16. The molecule has 0 aliphatic carbocycles. The summed E-state index contributed by atoms with van der Waals surface area (Å²) in [4.78, 5) is 0. The molecule has 0 spiro atoms. The van der Waals surface area contributed by atoms with Gasteiger partial charge in [0.2, 0.25) is 0 Å². The molecule has 96 valence electrons. The Bertz CT molecular complexity index is 340. The summed E-state index contributed by atoms with van der Waals surface area (Å²) < 4.78 is 5.77. The van der Waals surface area contributed by atoms with E-state index in [2.05, 4.69) is 52.8 Å². The van der Waals surface area contributed by atoms with Crippen LogP contribution in [0.15, 0.2) is 18.2 Å². The number of hydrogen-bond donors (Lipinski definition) is 1. The van der Waals surface area contributed by atoms with E-state index < -0.39 is 0 Å². The molecule has 0 saturated carbocycles. The molecule has 1 rings (SSSR count). The van der Waals surface area contributed by atoms with Gasteiger partial charge in [0.05, 0.1) is 18.8 Å². The summed E-state index contributed by atoms with van der Waals surface area (Å²) in [5.41, 5.74) is 9.84. The lowest BCUT2D eigenvalue weighted by Crippen LogP contribution is -2.23. The Morgan fingerprint density at radius 3 is 2.06 bits per heavy atom. The summed E-state index contributed by atoms with van der Waals surface area (Å²) in [6.45, 7) is 11.2. The Morgan fingerprint density at radius 1 is 1.06 bits per heavy atom. The molecule has 0 amide bonds. The van der Waals surface area contributed by atoms with Crippen molar-refractivity contribution in [2.75, 3.05) is 6.61 Å². The molecule has 2 atom stereocenters. The van der Waals surface area contributed by atoms with E-state index in [4.69, 9.17) is 10.5 Å². The molecule has 0 aliphatic heterocycles. The van der Waals surface area contributed by atoms with E-state index in [-0.39, 0.29) is 12.1 Å². The number of rotatable bonds is 5. The van der Waals surface area contributed by atoms with Crippen LogP contribution in [0, 0.1) is 19.8 Å². The first-order chi connectivity index (χ1) is 7.90. The minimum absolute atomic E-state index is 0.0326. The zero-order valence-corrected chi connectivity index (χ0v) is 11.7. The van der Waals surface area contributed by atoms with E-state index in [9.17, 15) is 0 Å². The highest BCUT2D eigenvalue weighted by Gasteiger charge is 2.12. The molecule has 0 heterocycles. The van der Waals surface area contributed by atoms with Crippen molar-refractivity contribution < 1.29 is 4.74 Å². The number of hydrogen-bond acceptors (Lipinski definition) is 2. The number of nitrogens with two attached hydrogens (primary N) is 1. The molecule has 0 aromatic heterocycles. The summed E-state index contributed by atoms with van der Waals surface area (Å²) in [7, 11) is 0. The van der Waals surface area contributed by atoms with Crippen LogP contribution >= 0.6 is 0 Å². The van der Waals surface area contributed by atoms with Gasteiger partial charge in [0, 0.05) is 0 Å². The van der Waals surface area contributed by atoms with Crippen molar-refractivity contribution in [2.45, 2.75) is 46.8 Å². The lowest BCUT2D eigenvalue weighted by molar-refractivity contribution is 0.0272. The van der Waals surface area contributed by atoms with Crippen LogP contribution in [0.25, 0.3) is 0 Å². The fourth-order valence-corrected chi connectivity index (χ4v) is 1.77. The van der Waals surface area contributed by atoms with Crippen molar-refractivity contribution in [1.29, 1.82) is 0 Å². The molecular formula is C15H25NO. The second kappa shape index (κ2) is 6.18. The monoisotopic (exact) mass is 235 g/mol. The zero-order chi connectivity index (χ0) is 13.0. The lowest BCUT2D eigenvalue weighted by Gasteiger charge is -2.20. The van der Waals surface area contributed by atoms with Crippen LogP contribution in [0.4, 0.5) is 0 Å². The second-order valence-corrected chi connectivity index (χ2v) is 5.31. The average Bonchev–Trinajstić information content (AvgIpc) is 2.23. The molecular weight excluding hydrogens is 210 g/mol. The van der Waals surface area contributed by atoms with Crippen molar-refractivity contribution in [3.63, 3.8) is 0 Å². The van der Waals surface area contributed by atoms with Gasteiger partial charge in [0.15, 0.2) is 0 Å². The number of ether oxygens (including phenoxy) is 1. The first kappa shape index (κ1) is 14.2. The molecule has 2 unspecified atom stereocenters. The molecule has 17 heavy (non-hydrogen) atoms. The summed E-state index contributed by atoms with van der Waals surface area (Å²) in [5.74, 6) is 0.529. The third kappa shape index (κ3) is 4.49. The maximum absolute atomic E-state index is 6.16. The van der Waals surface area contributed by atoms with E-state index in [0.29, 0.717) is 12.5 Å². The van der Waals surface area contributed by atoms with E-state index in [1.165, 1.54) is 16.7 Å². The smallest absolute Gasteiger partial charge is 0.0663 e. The highest BCUT2D eigenvalue weighted by atomic mass is 16.5. The van der Waals surface area contributed by atoms with Crippen molar-refractivity contribution in [1.82, 2.24) is 0 Å². The summed E-state index contributed by atoms with van der Waals surface area (Å²) in [5, 5.41) is 0. The predicted molar refractivity (Wildman–Crippen MR) is 73.1 cm³/mol. The SMILES string of the molecule is Cc1cc(C)cc(C(N)COC(C)C(C)C)c1. The Balaban J connectivity index is 2.60. The Kier molecular flexibility index (Phi) is 5.16. The van der Waals surface area contributed by atoms with Gasteiger partial charge in [0.25, 0.3) is 0 Å². The average molecular weight is 235 g/mol. The molecule has 0 fully saturated rings. The zero-order valence-electron chi connectivity index (χ0n) is 11.7. The molecule has 0 aliphatic rings. The van der Waals surface area contributed by atoms with Crippen molar-refractivity contribution in [3.05, 3.63) is 34.9 Å². The molecule has 0 saturated heterocycles. The van der Waals surface area contributed by atoms with Crippen molar-refractivity contribution in [3.8, 4) is 0 Å². The van der Waals surface area contributed by atoms with Crippen LogP contribution in [0.5, 0.6) is 0 Å². The Labute approximate surface area is 105 Å². The second-order valence-electron chi connectivity index (χ2n) is 5.31. The van der Waals surface area contributed by atoms with Gasteiger partial charge >= 0.3 is 0 Å².